The fourth-order valence-corrected chi connectivity index (χ4v) is 1.97. The molecule has 0 spiro atoms. The number of aromatic nitrogens is 1. The van der Waals surface area contributed by atoms with Crippen molar-refractivity contribution < 1.29 is 5.21 Å². The topological polar surface area (TPSA) is 74.7 Å². The molecule has 0 bridgehead atoms. The molecule has 1 rings (SSSR count). The van der Waals surface area contributed by atoms with Gasteiger partial charge in [-0.05, 0) is 13.8 Å². The first-order valence-corrected chi connectivity index (χ1v) is 6.09. The second-order valence-electron chi connectivity index (χ2n) is 3.87. The van der Waals surface area contributed by atoms with E-state index in [2.05, 4.69) is 28.9 Å². The molecule has 0 aromatic carbocycles. The highest BCUT2D eigenvalue weighted by atomic mass is 32.1. The standard InChI is InChI=1S/C10H18N4OS/c1-8(2)14(4-3-10(11)13-15)6-9-5-12-7-16-9/h5,7-8,15H,3-4,6H2,1-2H3,(H2,11,13). The highest BCUT2D eigenvalue weighted by Crippen LogP contribution is 2.12. The lowest BCUT2D eigenvalue weighted by Gasteiger charge is -2.25. The fourth-order valence-electron chi connectivity index (χ4n) is 1.35. The number of oxime groups is 1. The lowest BCUT2D eigenvalue weighted by molar-refractivity contribution is 0.219. The van der Waals surface area contributed by atoms with Gasteiger partial charge in [-0.2, -0.15) is 0 Å². The van der Waals surface area contributed by atoms with Crippen LogP contribution in [-0.4, -0.2) is 33.5 Å². The molecule has 0 unspecified atom stereocenters. The minimum absolute atomic E-state index is 0.273. The van der Waals surface area contributed by atoms with Crippen LogP contribution < -0.4 is 5.73 Å². The van der Waals surface area contributed by atoms with Crippen LogP contribution in [-0.2, 0) is 6.54 Å². The van der Waals surface area contributed by atoms with Gasteiger partial charge in [-0.1, -0.05) is 5.16 Å². The van der Waals surface area contributed by atoms with E-state index < -0.39 is 0 Å². The predicted molar refractivity (Wildman–Crippen MR) is 65.7 cm³/mol. The van der Waals surface area contributed by atoms with Crippen molar-refractivity contribution in [3.8, 4) is 0 Å². The average molecular weight is 242 g/mol. The molecule has 1 heterocycles. The van der Waals surface area contributed by atoms with Crippen LogP contribution in [0.4, 0.5) is 0 Å². The third kappa shape index (κ3) is 4.16. The lowest BCUT2D eigenvalue weighted by Crippen LogP contribution is -2.33. The fraction of sp³-hybridized carbons (Fsp3) is 0.600. The molecule has 16 heavy (non-hydrogen) atoms. The van der Waals surface area contributed by atoms with Crippen molar-refractivity contribution in [1.82, 2.24) is 9.88 Å². The molecule has 0 saturated carbocycles. The number of hydrogen-bond donors (Lipinski definition) is 2. The van der Waals surface area contributed by atoms with E-state index in [4.69, 9.17) is 10.9 Å². The maximum Gasteiger partial charge on any atom is 0.140 e. The molecule has 6 heteroatoms. The van der Waals surface area contributed by atoms with E-state index >= 15 is 0 Å². The number of nitrogens with zero attached hydrogens (tertiary/aromatic N) is 3. The van der Waals surface area contributed by atoms with Crippen molar-refractivity contribution in [2.24, 2.45) is 10.9 Å². The van der Waals surface area contributed by atoms with Crippen LogP contribution in [0.5, 0.6) is 0 Å². The highest BCUT2D eigenvalue weighted by Gasteiger charge is 2.11. The quantitative estimate of drug-likeness (QED) is 0.343. The number of rotatable bonds is 6. The van der Waals surface area contributed by atoms with Crippen LogP contribution in [0.2, 0.25) is 0 Å². The van der Waals surface area contributed by atoms with E-state index in [0.717, 1.165) is 13.1 Å². The molecule has 0 atom stereocenters. The van der Waals surface area contributed by atoms with Crippen molar-refractivity contribution in [2.45, 2.75) is 32.9 Å². The maximum absolute atomic E-state index is 8.48. The van der Waals surface area contributed by atoms with Gasteiger partial charge in [0.1, 0.15) is 5.84 Å². The summed E-state index contributed by atoms with van der Waals surface area (Å²) < 4.78 is 0. The molecule has 0 fully saturated rings. The van der Waals surface area contributed by atoms with Gasteiger partial charge >= 0.3 is 0 Å². The van der Waals surface area contributed by atoms with Crippen LogP contribution in [0, 0.1) is 0 Å². The molecule has 0 saturated heterocycles. The summed E-state index contributed by atoms with van der Waals surface area (Å²) in [4.78, 5) is 7.55. The maximum atomic E-state index is 8.48. The van der Waals surface area contributed by atoms with Crippen molar-refractivity contribution in [1.29, 1.82) is 0 Å². The zero-order valence-electron chi connectivity index (χ0n) is 9.63. The Kier molecular flexibility index (Phi) is 5.21. The first kappa shape index (κ1) is 12.9. The molecule has 3 N–H and O–H groups in total. The summed E-state index contributed by atoms with van der Waals surface area (Å²) in [6.45, 7) is 5.91. The van der Waals surface area contributed by atoms with E-state index in [9.17, 15) is 0 Å². The third-order valence-corrected chi connectivity index (χ3v) is 3.12. The minimum Gasteiger partial charge on any atom is -0.409 e. The number of thiazole rings is 1. The predicted octanol–water partition coefficient (Wildman–Crippen LogP) is 1.49. The summed E-state index contributed by atoms with van der Waals surface area (Å²) in [5, 5.41) is 11.5. The van der Waals surface area contributed by atoms with E-state index in [1.54, 1.807) is 11.3 Å². The molecule has 0 aliphatic heterocycles. The number of amidine groups is 1. The van der Waals surface area contributed by atoms with Crippen molar-refractivity contribution in [2.75, 3.05) is 6.54 Å². The van der Waals surface area contributed by atoms with Crippen molar-refractivity contribution in [3.63, 3.8) is 0 Å². The largest absolute Gasteiger partial charge is 0.409 e. The molecule has 0 aliphatic carbocycles. The number of nitrogens with two attached hydrogens (primary N) is 1. The van der Waals surface area contributed by atoms with Gasteiger partial charge in [-0.15, -0.1) is 11.3 Å². The summed E-state index contributed by atoms with van der Waals surface area (Å²) >= 11 is 1.65. The van der Waals surface area contributed by atoms with Gasteiger partial charge in [0.15, 0.2) is 0 Å². The Labute approximate surface area is 99.6 Å². The van der Waals surface area contributed by atoms with Crippen molar-refractivity contribution >= 4 is 17.2 Å². The molecule has 90 valence electrons. The molecule has 0 aliphatic rings. The minimum atomic E-state index is 0.273. The monoisotopic (exact) mass is 242 g/mol. The summed E-state index contributed by atoms with van der Waals surface area (Å²) in [5.74, 6) is 0.273. The Balaban J connectivity index is 2.48. The Hall–Kier alpha value is -1.14. The van der Waals surface area contributed by atoms with Crippen molar-refractivity contribution in [3.05, 3.63) is 16.6 Å². The normalized spacial score (nSPS) is 12.6. The molecule has 0 amide bonds. The van der Waals surface area contributed by atoms with Crippen LogP contribution in [0.3, 0.4) is 0 Å². The molecular weight excluding hydrogens is 224 g/mol. The van der Waals surface area contributed by atoms with Crippen LogP contribution in [0.15, 0.2) is 16.9 Å². The van der Waals surface area contributed by atoms with Crippen LogP contribution in [0.25, 0.3) is 0 Å². The van der Waals surface area contributed by atoms with Gasteiger partial charge in [0.2, 0.25) is 0 Å². The summed E-state index contributed by atoms with van der Waals surface area (Å²) in [7, 11) is 0. The van der Waals surface area contributed by atoms with Gasteiger partial charge in [0.05, 0.1) is 5.51 Å². The van der Waals surface area contributed by atoms with Gasteiger partial charge in [0, 0.05) is 36.6 Å². The van der Waals surface area contributed by atoms with E-state index in [1.165, 1.54) is 4.88 Å². The van der Waals surface area contributed by atoms with E-state index in [0.29, 0.717) is 12.5 Å². The Bertz CT molecular complexity index is 324. The third-order valence-electron chi connectivity index (χ3n) is 2.36. The second-order valence-corrected chi connectivity index (χ2v) is 4.84. The lowest BCUT2D eigenvalue weighted by atomic mass is 10.2. The SMILES string of the molecule is CC(C)N(CCC(N)=NO)Cc1cncs1. The summed E-state index contributed by atoms with van der Waals surface area (Å²) in [6.07, 6.45) is 2.46. The zero-order chi connectivity index (χ0) is 12.0. The number of hydrogen-bond acceptors (Lipinski definition) is 5. The van der Waals surface area contributed by atoms with Gasteiger partial charge in [0.25, 0.3) is 0 Å². The second kappa shape index (κ2) is 6.44. The molecule has 1 aromatic rings. The molecule has 0 radical (unpaired) electrons. The molecular formula is C10H18N4OS. The Morgan fingerprint density at radius 3 is 2.94 bits per heavy atom. The molecule has 5 nitrogen and oxygen atoms in total. The van der Waals surface area contributed by atoms with Gasteiger partial charge < -0.3 is 10.9 Å². The summed E-state index contributed by atoms with van der Waals surface area (Å²) in [5.41, 5.74) is 7.29. The van der Waals surface area contributed by atoms with Crippen LogP contribution in [0.1, 0.15) is 25.1 Å². The van der Waals surface area contributed by atoms with Gasteiger partial charge in [-0.25, -0.2) is 0 Å². The molecule has 1 aromatic heterocycles. The first-order valence-electron chi connectivity index (χ1n) is 5.21. The summed E-state index contributed by atoms with van der Waals surface area (Å²) in [6, 6.07) is 0.425. The zero-order valence-corrected chi connectivity index (χ0v) is 10.4. The van der Waals surface area contributed by atoms with Gasteiger partial charge in [-0.3, -0.25) is 9.88 Å². The first-order chi connectivity index (χ1) is 7.63. The Morgan fingerprint density at radius 1 is 1.69 bits per heavy atom. The van der Waals surface area contributed by atoms with Crippen LogP contribution >= 0.6 is 11.3 Å². The Morgan fingerprint density at radius 2 is 2.44 bits per heavy atom. The highest BCUT2D eigenvalue weighted by molar-refractivity contribution is 7.09. The average Bonchev–Trinajstić information content (AvgIpc) is 2.75. The smallest absolute Gasteiger partial charge is 0.140 e. The van der Waals surface area contributed by atoms with E-state index in [1.807, 2.05) is 11.7 Å². The van der Waals surface area contributed by atoms with E-state index in [-0.39, 0.29) is 5.84 Å².